The van der Waals surface area contributed by atoms with Crippen molar-refractivity contribution in [3.05, 3.63) is 59.7 Å². The molecule has 4 rings (SSSR count). The zero-order valence-electron chi connectivity index (χ0n) is 16.5. The van der Waals surface area contributed by atoms with Crippen molar-refractivity contribution in [2.45, 2.75) is 20.8 Å². The highest BCUT2D eigenvalue weighted by atomic mass is 32.2. The first kappa shape index (κ1) is 20.0. The van der Waals surface area contributed by atoms with E-state index in [1.807, 2.05) is 37.4 Å². The van der Waals surface area contributed by atoms with E-state index in [1.54, 1.807) is 0 Å². The first-order valence-electron chi connectivity index (χ1n) is 9.16. The number of benzene rings is 1. The molecule has 7 nitrogen and oxygen atoms in total. The number of ether oxygens (including phenoxy) is 1. The molecule has 0 fully saturated rings. The fraction of sp³-hybridized carbons (Fsp3) is 0.200. The molecule has 10 heteroatoms. The summed E-state index contributed by atoms with van der Waals surface area (Å²) in [5, 5.41) is 8.28. The minimum absolute atomic E-state index is 0.122. The molecular formula is C20H18F2N6OS. The maximum absolute atomic E-state index is 14.2. The third-order valence-electron chi connectivity index (χ3n) is 4.31. The molecule has 0 atom stereocenters. The minimum atomic E-state index is -0.814. The van der Waals surface area contributed by atoms with Gasteiger partial charge in [-0.3, -0.25) is 9.12 Å². The minimum Gasteiger partial charge on any atom is -0.450 e. The first-order valence-corrected chi connectivity index (χ1v) is 10.1. The van der Waals surface area contributed by atoms with Crippen LogP contribution in [0.2, 0.25) is 0 Å². The second kappa shape index (κ2) is 8.23. The van der Waals surface area contributed by atoms with Gasteiger partial charge < -0.3 is 4.74 Å². The molecule has 3 aromatic heterocycles. The van der Waals surface area contributed by atoms with Gasteiger partial charge in [0.25, 0.3) is 0 Å². The Bertz CT molecular complexity index is 1230. The monoisotopic (exact) mass is 428 g/mol. The average molecular weight is 428 g/mol. The number of anilines is 1. The lowest BCUT2D eigenvalue weighted by molar-refractivity contribution is 0.436. The summed E-state index contributed by atoms with van der Waals surface area (Å²) in [4.78, 5) is 8.81. The highest BCUT2D eigenvalue weighted by molar-refractivity contribution is 8.00. The lowest BCUT2D eigenvalue weighted by atomic mass is 10.1. The van der Waals surface area contributed by atoms with E-state index < -0.39 is 11.6 Å². The summed E-state index contributed by atoms with van der Waals surface area (Å²) in [6, 6.07) is 5.02. The summed E-state index contributed by atoms with van der Waals surface area (Å²) in [7, 11) is 0. The maximum Gasteiger partial charge on any atom is 0.233 e. The molecule has 0 amide bonds. The molecule has 4 aromatic rings. The molecule has 0 saturated carbocycles. The van der Waals surface area contributed by atoms with Gasteiger partial charge in [-0.2, -0.15) is 0 Å². The highest BCUT2D eigenvalue weighted by Crippen LogP contribution is 2.34. The molecule has 0 aliphatic heterocycles. The van der Waals surface area contributed by atoms with E-state index in [9.17, 15) is 8.78 Å². The molecule has 0 bridgehead atoms. The molecule has 0 aliphatic rings. The molecule has 0 radical (unpaired) electrons. The van der Waals surface area contributed by atoms with Crippen LogP contribution in [0.25, 0.3) is 16.9 Å². The van der Waals surface area contributed by atoms with Crippen LogP contribution in [0.1, 0.15) is 18.3 Å². The van der Waals surface area contributed by atoms with Crippen LogP contribution in [0.5, 0.6) is 11.5 Å². The molecule has 0 spiro atoms. The van der Waals surface area contributed by atoms with Gasteiger partial charge in [0.05, 0.1) is 6.20 Å². The number of rotatable bonds is 6. The Morgan fingerprint density at radius 3 is 2.73 bits per heavy atom. The number of aromatic nitrogens is 5. The molecule has 1 N–H and O–H groups in total. The van der Waals surface area contributed by atoms with E-state index in [2.05, 4.69) is 24.9 Å². The summed E-state index contributed by atoms with van der Waals surface area (Å²) in [5.74, 6) is 0.545. The Balaban J connectivity index is 1.84. The number of nitrogens with one attached hydrogen (secondary N) is 1. The molecule has 154 valence electrons. The third-order valence-corrected chi connectivity index (χ3v) is 4.93. The maximum atomic E-state index is 14.2. The highest BCUT2D eigenvalue weighted by Gasteiger charge is 2.17. The van der Waals surface area contributed by atoms with E-state index >= 15 is 0 Å². The van der Waals surface area contributed by atoms with Gasteiger partial charge in [-0.1, -0.05) is 18.9 Å². The number of hydrogen-bond acceptors (Lipinski definition) is 7. The van der Waals surface area contributed by atoms with Crippen LogP contribution in [0.4, 0.5) is 14.7 Å². The second-order valence-corrected chi connectivity index (χ2v) is 7.54. The van der Waals surface area contributed by atoms with Crippen molar-refractivity contribution in [1.29, 1.82) is 0 Å². The van der Waals surface area contributed by atoms with Crippen molar-refractivity contribution >= 4 is 23.5 Å². The largest absolute Gasteiger partial charge is 0.450 e. The van der Waals surface area contributed by atoms with Crippen LogP contribution in [0, 0.1) is 25.5 Å². The molecule has 3 heterocycles. The average Bonchev–Trinajstić information content (AvgIpc) is 3.10. The van der Waals surface area contributed by atoms with Crippen LogP contribution in [0.3, 0.4) is 0 Å². The molecular weight excluding hydrogens is 410 g/mol. The quantitative estimate of drug-likeness (QED) is 0.435. The van der Waals surface area contributed by atoms with Crippen LogP contribution in [-0.2, 0) is 0 Å². The third kappa shape index (κ3) is 3.90. The van der Waals surface area contributed by atoms with Crippen molar-refractivity contribution in [3.8, 4) is 22.8 Å². The van der Waals surface area contributed by atoms with Crippen LogP contribution in [0.15, 0.2) is 36.7 Å². The van der Waals surface area contributed by atoms with Crippen LogP contribution in [-0.4, -0.2) is 30.3 Å². The van der Waals surface area contributed by atoms with Gasteiger partial charge in [0.2, 0.25) is 5.95 Å². The summed E-state index contributed by atoms with van der Waals surface area (Å²) in [5.41, 5.74) is 2.79. The predicted molar refractivity (Wildman–Crippen MR) is 112 cm³/mol. The van der Waals surface area contributed by atoms with Crippen molar-refractivity contribution in [2.75, 3.05) is 10.5 Å². The Kier molecular flexibility index (Phi) is 5.49. The molecule has 0 saturated heterocycles. The van der Waals surface area contributed by atoms with Crippen LogP contribution >= 0.6 is 11.9 Å². The number of hydrogen-bond donors (Lipinski definition) is 1. The van der Waals surface area contributed by atoms with Gasteiger partial charge >= 0.3 is 0 Å². The van der Waals surface area contributed by atoms with E-state index in [1.165, 1.54) is 24.2 Å². The van der Waals surface area contributed by atoms with Gasteiger partial charge in [0, 0.05) is 23.6 Å². The number of pyridine rings is 1. The van der Waals surface area contributed by atoms with Gasteiger partial charge in [-0.15, -0.1) is 10.2 Å². The fourth-order valence-electron chi connectivity index (χ4n) is 2.91. The number of nitrogens with zero attached hydrogens (tertiary/aromatic N) is 5. The Morgan fingerprint density at radius 2 is 1.97 bits per heavy atom. The SMILES string of the molecule is CCSNc1ncc(Oc2ccc(F)cc2F)c(-c2cc(C)c3nnc(C)n3c2)n1. The summed E-state index contributed by atoms with van der Waals surface area (Å²) >= 11 is 1.45. The molecule has 1 aromatic carbocycles. The number of aryl methyl sites for hydroxylation is 2. The summed E-state index contributed by atoms with van der Waals surface area (Å²) in [6.07, 6.45) is 3.30. The lowest BCUT2D eigenvalue weighted by Gasteiger charge is -2.13. The summed E-state index contributed by atoms with van der Waals surface area (Å²) < 4.78 is 38.1. The van der Waals surface area contributed by atoms with Gasteiger partial charge in [0.15, 0.2) is 23.0 Å². The second-order valence-electron chi connectivity index (χ2n) is 6.47. The van der Waals surface area contributed by atoms with E-state index in [4.69, 9.17) is 4.74 Å². The number of halogens is 2. The van der Waals surface area contributed by atoms with E-state index in [-0.39, 0.29) is 11.5 Å². The van der Waals surface area contributed by atoms with Gasteiger partial charge in [-0.05, 0) is 37.6 Å². The normalized spacial score (nSPS) is 11.1. The van der Waals surface area contributed by atoms with Gasteiger partial charge in [-0.25, -0.2) is 18.7 Å². The van der Waals surface area contributed by atoms with Crippen molar-refractivity contribution in [3.63, 3.8) is 0 Å². The van der Waals surface area contributed by atoms with Crippen molar-refractivity contribution in [1.82, 2.24) is 24.6 Å². The van der Waals surface area contributed by atoms with Crippen molar-refractivity contribution in [2.24, 2.45) is 0 Å². The van der Waals surface area contributed by atoms with Crippen molar-refractivity contribution < 1.29 is 13.5 Å². The Morgan fingerprint density at radius 1 is 1.13 bits per heavy atom. The Hall–Kier alpha value is -3.27. The zero-order valence-corrected chi connectivity index (χ0v) is 17.3. The predicted octanol–water partition coefficient (Wildman–Crippen LogP) is 4.95. The topological polar surface area (TPSA) is 77.2 Å². The molecule has 0 unspecified atom stereocenters. The molecule has 0 aliphatic carbocycles. The molecule has 30 heavy (non-hydrogen) atoms. The van der Waals surface area contributed by atoms with Crippen LogP contribution < -0.4 is 9.46 Å². The first-order chi connectivity index (χ1) is 14.5. The fourth-order valence-corrected chi connectivity index (χ4v) is 3.28. The van der Waals surface area contributed by atoms with Gasteiger partial charge in [0.1, 0.15) is 17.3 Å². The smallest absolute Gasteiger partial charge is 0.233 e. The zero-order chi connectivity index (χ0) is 21.3. The standard InChI is InChI=1S/C20H18F2N6OS/c1-4-30-27-20-23-9-17(29-16-6-5-14(21)8-15(16)22)18(24-20)13-7-11(2)19-26-25-12(3)28(19)10-13/h5-10H,4H2,1-3H3,(H,23,24,27). The lowest BCUT2D eigenvalue weighted by Crippen LogP contribution is -2.01. The Labute approximate surface area is 175 Å². The summed E-state index contributed by atoms with van der Waals surface area (Å²) in [6.45, 7) is 5.76. The van der Waals surface area contributed by atoms with E-state index in [0.717, 1.165) is 34.9 Å². The van der Waals surface area contributed by atoms with E-state index in [0.29, 0.717) is 17.2 Å². The number of fused-ring (bicyclic) bond motifs is 1.